The molecule has 8 nitrogen and oxygen atoms in total. The monoisotopic (exact) mass is 408 g/mol. The fraction of sp³-hybridized carbons (Fsp3) is 0.227. The Bertz CT molecular complexity index is 997. The zero-order valence-electron chi connectivity index (χ0n) is 16.9. The van der Waals surface area contributed by atoms with E-state index in [1.54, 1.807) is 18.1 Å². The smallest absolute Gasteiger partial charge is 0.255 e. The van der Waals surface area contributed by atoms with Gasteiger partial charge in [-0.3, -0.25) is 14.3 Å². The second-order valence-corrected chi connectivity index (χ2v) is 6.90. The summed E-state index contributed by atoms with van der Waals surface area (Å²) < 4.78 is 7.11. The topological polar surface area (TPSA) is 96.7 Å². The van der Waals surface area contributed by atoms with Crippen molar-refractivity contribution in [3.63, 3.8) is 0 Å². The van der Waals surface area contributed by atoms with Crippen LogP contribution >= 0.6 is 0 Å². The maximum absolute atomic E-state index is 12.4. The number of rotatable bonds is 8. The molecule has 1 heterocycles. The van der Waals surface area contributed by atoms with Crippen LogP contribution in [0.3, 0.4) is 0 Å². The van der Waals surface area contributed by atoms with E-state index < -0.39 is 0 Å². The molecule has 30 heavy (non-hydrogen) atoms. The van der Waals surface area contributed by atoms with Crippen LogP contribution in [0, 0.1) is 6.92 Å². The van der Waals surface area contributed by atoms with Crippen molar-refractivity contribution in [2.24, 2.45) is 0 Å². The van der Waals surface area contributed by atoms with Crippen molar-refractivity contribution in [1.82, 2.24) is 14.7 Å². The van der Waals surface area contributed by atoms with E-state index in [2.05, 4.69) is 10.4 Å². The van der Waals surface area contributed by atoms with E-state index in [-0.39, 0.29) is 24.1 Å². The maximum Gasteiger partial charge on any atom is 0.255 e. The molecule has 156 valence electrons. The number of carbonyl (C=O) groups excluding carboxylic acids is 2. The number of likely N-dealkylation sites (N-methyl/N-ethyl adjacent to an activating group) is 1. The molecule has 0 fully saturated rings. The highest BCUT2D eigenvalue weighted by Gasteiger charge is 2.12. The number of hydrogen-bond acceptors (Lipinski definition) is 5. The summed E-state index contributed by atoms with van der Waals surface area (Å²) >= 11 is 0. The van der Waals surface area contributed by atoms with Gasteiger partial charge in [0.05, 0.1) is 18.4 Å². The van der Waals surface area contributed by atoms with Gasteiger partial charge in [-0.05, 0) is 43.3 Å². The van der Waals surface area contributed by atoms with Gasteiger partial charge in [-0.15, -0.1) is 0 Å². The standard InChI is InChI=1S/C22H24N4O4/c1-16-3-9-20(10-4-16)30-12-11-25(2)21(28)15-26-14-18(13-23-26)24-22(29)17-5-7-19(27)8-6-17/h3-10,13-14,27H,11-12,15H2,1-2H3,(H,24,29). The predicted octanol–water partition coefficient (Wildman–Crippen LogP) is 2.69. The molecule has 0 aliphatic rings. The molecule has 0 spiro atoms. The lowest BCUT2D eigenvalue weighted by molar-refractivity contribution is -0.131. The Kier molecular flexibility index (Phi) is 6.69. The number of aromatic hydroxyl groups is 1. The number of phenolic OH excluding ortho intramolecular Hbond substituents is 1. The lowest BCUT2D eigenvalue weighted by Gasteiger charge is -2.17. The third-order valence-corrected chi connectivity index (χ3v) is 4.46. The van der Waals surface area contributed by atoms with Crippen molar-refractivity contribution in [2.45, 2.75) is 13.5 Å². The first-order valence-electron chi connectivity index (χ1n) is 9.47. The second-order valence-electron chi connectivity index (χ2n) is 6.90. The Labute approximate surface area is 174 Å². The van der Waals surface area contributed by atoms with Crippen LogP contribution in [0.1, 0.15) is 15.9 Å². The maximum atomic E-state index is 12.4. The summed E-state index contributed by atoms with van der Waals surface area (Å²) in [4.78, 5) is 26.2. The Morgan fingerprint density at radius 2 is 1.83 bits per heavy atom. The van der Waals surface area contributed by atoms with E-state index in [0.717, 1.165) is 11.3 Å². The number of carbonyl (C=O) groups is 2. The minimum atomic E-state index is -0.328. The Hall–Kier alpha value is -3.81. The first kappa shape index (κ1) is 20.9. The van der Waals surface area contributed by atoms with Crippen LogP contribution in [0.2, 0.25) is 0 Å². The summed E-state index contributed by atoms with van der Waals surface area (Å²) in [6.45, 7) is 2.89. The summed E-state index contributed by atoms with van der Waals surface area (Å²) in [7, 11) is 1.71. The summed E-state index contributed by atoms with van der Waals surface area (Å²) in [6.07, 6.45) is 3.07. The quantitative estimate of drug-likeness (QED) is 0.597. The molecule has 0 unspecified atom stereocenters. The van der Waals surface area contributed by atoms with E-state index in [0.29, 0.717) is 24.4 Å². The SMILES string of the molecule is Cc1ccc(OCCN(C)C(=O)Cn2cc(NC(=O)c3ccc(O)cc3)cn2)cc1. The first-order chi connectivity index (χ1) is 14.4. The van der Waals surface area contributed by atoms with Crippen LogP contribution in [0.15, 0.2) is 60.9 Å². The molecule has 8 heteroatoms. The Morgan fingerprint density at radius 3 is 2.53 bits per heavy atom. The Balaban J connectivity index is 1.45. The van der Waals surface area contributed by atoms with E-state index in [1.807, 2.05) is 31.2 Å². The van der Waals surface area contributed by atoms with Gasteiger partial charge in [-0.1, -0.05) is 17.7 Å². The summed E-state index contributed by atoms with van der Waals surface area (Å²) in [5, 5.41) is 16.1. The Morgan fingerprint density at radius 1 is 1.13 bits per heavy atom. The van der Waals surface area contributed by atoms with E-state index in [1.165, 1.54) is 35.1 Å². The largest absolute Gasteiger partial charge is 0.508 e. The normalized spacial score (nSPS) is 10.5. The van der Waals surface area contributed by atoms with Gasteiger partial charge in [-0.25, -0.2) is 0 Å². The number of nitrogens with zero attached hydrogens (tertiary/aromatic N) is 3. The highest BCUT2D eigenvalue weighted by atomic mass is 16.5. The number of phenols is 1. The van der Waals surface area contributed by atoms with Crippen LogP contribution < -0.4 is 10.1 Å². The molecular formula is C22H24N4O4. The molecule has 0 saturated carbocycles. The second kappa shape index (κ2) is 9.60. The van der Waals surface area contributed by atoms with Crippen LogP contribution in [0.4, 0.5) is 5.69 Å². The van der Waals surface area contributed by atoms with Crippen molar-refractivity contribution in [1.29, 1.82) is 0 Å². The molecule has 2 N–H and O–H groups in total. The van der Waals surface area contributed by atoms with Gasteiger partial charge in [0.1, 0.15) is 24.7 Å². The molecule has 0 bridgehead atoms. The zero-order valence-corrected chi connectivity index (χ0v) is 16.9. The van der Waals surface area contributed by atoms with Gasteiger partial charge in [-0.2, -0.15) is 5.10 Å². The fourth-order valence-electron chi connectivity index (χ4n) is 2.65. The van der Waals surface area contributed by atoms with E-state index in [9.17, 15) is 14.7 Å². The average Bonchev–Trinajstić information content (AvgIpc) is 3.16. The lowest BCUT2D eigenvalue weighted by Crippen LogP contribution is -2.33. The number of anilines is 1. The number of amides is 2. The molecule has 3 aromatic rings. The minimum Gasteiger partial charge on any atom is -0.508 e. The molecule has 0 saturated heterocycles. The molecule has 2 amide bonds. The molecule has 0 aliphatic heterocycles. The zero-order chi connectivity index (χ0) is 21.5. The number of aryl methyl sites for hydroxylation is 1. The van der Waals surface area contributed by atoms with Crippen molar-refractivity contribution >= 4 is 17.5 Å². The van der Waals surface area contributed by atoms with Crippen molar-refractivity contribution in [3.8, 4) is 11.5 Å². The third kappa shape index (κ3) is 5.84. The molecular weight excluding hydrogens is 384 g/mol. The summed E-state index contributed by atoms with van der Waals surface area (Å²) in [5.41, 5.74) is 2.05. The predicted molar refractivity (Wildman–Crippen MR) is 113 cm³/mol. The molecule has 1 aromatic heterocycles. The number of ether oxygens (including phenoxy) is 1. The van der Waals surface area contributed by atoms with Gasteiger partial charge >= 0.3 is 0 Å². The molecule has 0 aliphatic carbocycles. The third-order valence-electron chi connectivity index (χ3n) is 4.46. The molecule has 3 rings (SSSR count). The minimum absolute atomic E-state index is 0.0517. The van der Waals surface area contributed by atoms with Crippen LogP contribution in [-0.2, 0) is 11.3 Å². The highest BCUT2D eigenvalue weighted by molar-refractivity contribution is 6.04. The van der Waals surface area contributed by atoms with Crippen LogP contribution in [0.5, 0.6) is 11.5 Å². The molecule has 0 radical (unpaired) electrons. The van der Waals surface area contributed by atoms with Crippen molar-refractivity contribution < 1.29 is 19.4 Å². The average molecular weight is 408 g/mol. The van der Waals surface area contributed by atoms with Gasteiger partial charge in [0.2, 0.25) is 5.91 Å². The fourth-order valence-corrected chi connectivity index (χ4v) is 2.65. The highest BCUT2D eigenvalue weighted by Crippen LogP contribution is 2.13. The first-order valence-corrected chi connectivity index (χ1v) is 9.47. The number of aromatic nitrogens is 2. The molecule has 2 aromatic carbocycles. The summed E-state index contributed by atoms with van der Waals surface area (Å²) in [5.74, 6) is 0.405. The van der Waals surface area contributed by atoms with Gasteiger partial charge in [0.15, 0.2) is 0 Å². The van der Waals surface area contributed by atoms with E-state index in [4.69, 9.17) is 4.74 Å². The number of nitrogens with one attached hydrogen (secondary N) is 1. The molecule has 0 atom stereocenters. The van der Waals surface area contributed by atoms with Crippen LogP contribution in [0.25, 0.3) is 0 Å². The number of hydrogen-bond donors (Lipinski definition) is 2. The lowest BCUT2D eigenvalue weighted by atomic mass is 10.2. The van der Waals surface area contributed by atoms with Gasteiger partial charge < -0.3 is 20.1 Å². The van der Waals surface area contributed by atoms with Gasteiger partial charge in [0.25, 0.3) is 5.91 Å². The van der Waals surface area contributed by atoms with Crippen LogP contribution in [-0.4, -0.2) is 51.8 Å². The van der Waals surface area contributed by atoms with Crippen molar-refractivity contribution in [3.05, 3.63) is 72.1 Å². The van der Waals surface area contributed by atoms with Crippen molar-refractivity contribution in [2.75, 3.05) is 25.5 Å². The van der Waals surface area contributed by atoms with E-state index >= 15 is 0 Å². The summed E-state index contributed by atoms with van der Waals surface area (Å²) in [6, 6.07) is 13.7. The number of benzene rings is 2. The van der Waals surface area contributed by atoms with Gasteiger partial charge in [0, 0.05) is 18.8 Å².